The smallest absolute Gasteiger partial charge is 0.273 e. The average Bonchev–Trinajstić information content (AvgIpc) is 2.64. The summed E-state index contributed by atoms with van der Waals surface area (Å²) in [5.41, 5.74) is 0.589. The van der Waals surface area contributed by atoms with Gasteiger partial charge in [0.05, 0.1) is 5.01 Å². The normalized spacial score (nSPS) is 21.7. The number of nitrogens with one attached hydrogen (secondary N) is 1. The largest absolute Gasteiger partial charge is 0.334 e. The zero-order valence-electron chi connectivity index (χ0n) is 8.99. The molecule has 0 aromatic carbocycles. The van der Waals surface area contributed by atoms with Crippen molar-refractivity contribution in [3.63, 3.8) is 0 Å². The van der Waals surface area contributed by atoms with Gasteiger partial charge in [0.1, 0.15) is 5.69 Å². The second kappa shape index (κ2) is 4.28. The highest BCUT2D eigenvalue weighted by molar-refractivity contribution is 7.09. The number of nitrogens with zero attached hydrogens (tertiary/aromatic N) is 2. The lowest BCUT2D eigenvalue weighted by Gasteiger charge is -2.31. The number of carbonyl (C=O) groups excluding carboxylic acids is 1. The Hall–Kier alpha value is -0.940. The fourth-order valence-corrected chi connectivity index (χ4v) is 2.33. The second-order valence-electron chi connectivity index (χ2n) is 3.86. The number of piperazine rings is 1. The fourth-order valence-electron chi connectivity index (χ4n) is 1.74. The maximum absolute atomic E-state index is 12.0. The van der Waals surface area contributed by atoms with Crippen LogP contribution in [0.1, 0.15) is 22.4 Å². The summed E-state index contributed by atoms with van der Waals surface area (Å²) in [5.74, 6) is 0.0627. The number of hydrogen-bond donors (Lipinski definition) is 1. The standard InChI is InChI=1S/C10H15N3OS/c1-7-5-13(4-3-11-7)10(14)9-6-15-8(2)12-9/h6-7,11H,3-5H2,1-2H3. The summed E-state index contributed by atoms with van der Waals surface area (Å²) in [6.07, 6.45) is 0. The van der Waals surface area contributed by atoms with Gasteiger partial charge in [-0.3, -0.25) is 4.79 Å². The number of thiazole rings is 1. The first-order chi connectivity index (χ1) is 7.16. The zero-order chi connectivity index (χ0) is 10.8. The summed E-state index contributed by atoms with van der Waals surface area (Å²) in [4.78, 5) is 18.1. The van der Waals surface area contributed by atoms with Crippen LogP contribution in [0.3, 0.4) is 0 Å². The molecule has 4 nitrogen and oxygen atoms in total. The maximum atomic E-state index is 12.0. The Bertz CT molecular complexity index is 363. The van der Waals surface area contributed by atoms with E-state index in [0.29, 0.717) is 11.7 Å². The monoisotopic (exact) mass is 225 g/mol. The van der Waals surface area contributed by atoms with E-state index < -0.39 is 0 Å². The number of carbonyl (C=O) groups is 1. The van der Waals surface area contributed by atoms with Crippen LogP contribution in [0, 0.1) is 6.92 Å². The summed E-state index contributed by atoms with van der Waals surface area (Å²) >= 11 is 1.52. The van der Waals surface area contributed by atoms with Crippen LogP contribution in [0.2, 0.25) is 0 Å². The molecule has 0 radical (unpaired) electrons. The molecular formula is C10H15N3OS. The third-order valence-corrected chi connectivity index (χ3v) is 3.27. The Morgan fingerprint density at radius 1 is 1.73 bits per heavy atom. The van der Waals surface area contributed by atoms with Crippen molar-refractivity contribution in [2.75, 3.05) is 19.6 Å². The molecule has 1 aliphatic rings. The van der Waals surface area contributed by atoms with Crippen molar-refractivity contribution >= 4 is 17.2 Å². The van der Waals surface area contributed by atoms with Gasteiger partial charge in [-0.2, -0.15) is 0 Å². The van der Waals surface area contributed by atoms with E-state index in [1.54, 1.807) is 0 Å². The molecule has 82 valence electrons. The van der Waals surface area contributed by atoms with Gasteiger partial charge in [-0.05, 0) is 13.8 Å². The molecule has 1 N–H and O–H groups in total. The van der Waals surface area contributed by atoms with Gasteiger partial charge >= 0.3 is 0 Å². The molecule has 15 heavy (non-hydrogen) atoms. The number of rotatable bonds is 1. The Morgan fingerprint density at radius 2 is 2.53 bits per heavy atom. The van der Waals surface area contributed by atoms with E-state index in [-0.39, 0.29) is 5.91 Å². The highest BCUT2D eigenvalue weighted by atomic mass is 32.1. The molecule has 0 aliphatic carbocycles. The molecule has 1 unspecified atom stereocenters. The predicted octanol–water partition coefficient (Wildman–Crippen LogP) is 0.885. The van der Waals surface area contributed by atoms with Crippen LogP contribution in [0.15, 0.2) is 5.38 Å². The Kier molecular flexibility index (Phi) is 3.02. The third-order valence-electron chi connectivity index (χ3n) is 2.49. The summed E-state index contributed by atoms with van der Waals surface area (Å²) in [7, 11) is 0. The molecule has 2 heterocycles. The lowest BCUT2D eigenvalue weighted by molar-refractivity contribution is 0.0704. The van der Waals surface area contributed by atoms with Gasteiger partial charge in [-0.15, -0.1) is 11.3 Å². The van der Waals surface area contributed by atoms with Crippen LogP contribution in [-0.2, 0) is 0 Å². The van der Waals surface area contributed by atoms with Gasteiger partial charge in [-0.1, -0.05) is 0 Å². The van der Waals surface area contributed by atoms with Crippen molar-refractivity contribution < 1.29 is 4.79 Å². The van der Waals surface area contributed by atoms with Crippen molar-refractivity contribution in [2.24, 2.45) is 0 Å². The van der Waals surface area contributed by atoms with Crippen molar-refractivity contribution in [2.45, 2.75) is 19.9 Å². The second-order valence-corrected chi connectivity index (χ2v) is 4.92. The lowest BCUT2D eigenvalue weighted by Crippen LogP contribution is -2.51. The molecule has 2 rings (SSSR count). The maximum Gasteiger partial charge on any atom is 0.273 e. The van der Waals surface area contributed by atoms with Crippen molar-refractivity contribution in [1.82, 2.24) is 15.2 Å². The van der Waals surface area contributed by atoms with E-state index in [9.17, 15) is 4.79 Å². The molecule has 0 spiro atoms. The van der Waals surface area contributed by atoms with Crippen LogP contribution in [-0.4, -0.2) is 41.5 Å². The molecule has 1 fully saturated rings. The number of aryl methyl sites for hydroxylation is 1. The van der Waals surface area contributed by atoms with Gasteiger partial charge in [0.2, 0.25) is 0 Å². The summed E-state index contributed by atoms with van der Waals surface area (Å²) in [6, 6.07) is 0.377. The van der Waals surface area contributed by atoms with Crippen molar-refractivity contribution in [3.05, 3.63) is 16.1 Å². The molecule has 0 bridgehead atoms. The van der Waals surface area contributed by atoms with Gasteiger partial charge in [0, 0.05) is 31.1 Å². The lowest BCUT2D eigenvalue weighted by atomic mass is 10.2. The minimum absolute atomic E-state index is 0.0627. The van der Waals surface area contributed by atoms with Gasteiger partial charge < -0.3 is 10.2 Å². The SMILES string of the molecule is Cc1nc(C(=O)N2CCNC(C)C2)cs1. The number of amides is 1. The van der Waals surface area contributed by atoms with Crippen molar-refractivity contribution in [1.29, 1.82) is 0 Å². The van der Waals surface area contributed by atoms with Gasteiger partial charge in [0.15, 0.2) is 0 Å². The highest BCUT2D eigenvalue weighted by Crippen LogP contribution is 2.11. The van der Waals surface area contributed by atoms with E-state index in [1.807, 2.05) is 17.2 Å². The van der Waals surface area contributed by atoms with E-state index in [2.05, 4.69) is 17.2 Å². The fraction of sp³-hybridized carbons (Fsp3) is 0.600. The summed E-state index contributed by atoms with van der Waals surface area (Å²) in [6.45, 7) is 6.43. The first kappa shape index (κ1) is 10.6. The van der Waals surface area contributed by atoms with Crippen molar-refractivity contribution in [3.8, 4) is 0 Å². The molecule has 1 atom stereocenters. The van der Waals surface area contributed by atoms with Crippen LogP contribution in [0.4, 0.5) is 0 Å². The number of hydrogen-bond acceptors (Lipinski definition) is 4. The van der Waals surface area contributed by atoms with E-state index in [4.69, 9.17) is 0 Å². The van der Waals surface area contributed by atoms with Gasteiger partial charge in [-0.25, -0.2) is 4.98 Å². The van der Waals surface area contributed by atoms with E-state index >= 15 is 0 Å². The molecular weight excluding hydrogens is 210 g/mol. The molecule has 5 heteroatoms. The summed E-state index contributed by atoms with van der Waals surface area (Å²) in [5, 5.41) is 6.10. The van der Waals surface area contributed by atoms with E-state index in [0.717, 1.165) is 24.6 Å². The summed E-state index contributed by atoms with van der Waals surface area (Å²) < 4.78 is 0. The molecule has 1 aromatic heterocycles. The average molecular weight is 225 g/mol. The zero-order valence-corrected chi connectivity index (χ0v) is 9.80. The molecule has 1 amide bonds. The van der Waals surface area contributed by atoms with Crippen LogP contribution in [0.5, 0.6) is 0 Å². The van der Waals surface area contributed by atoms with Gasteiger partial charge in [0.25, 0.3) is 5.91 Å². The Morgan fingerprint density at radius 3 is 3.13 bits per heavy atom. The molecule has 1 aliphatic heterocycles. The van der Waals surface area contributed by atoms with E-state index in [1.165, 1.54) is 11.3 Å². The first-order valence-electron chi connectivity index (χ1n) is 5.11. The highest BCUT2D eigenvalue weighted by Gasteiger charge is 2.22. The minimum Gasteiger partial charge on any atom is -0.334 e. The Balaban J connectivity index is 2.07. The number of aromatic nitrogens is 1. The topological polar surface area (TPSA) is 45.2 Å². The van der Waals surface area contributed by atoms with Crippen LogP contribution in [0.25, 0.3) is 0 Å². The molecule has 1 aromatic rings. The Labute approximate surface area is 93.3 Å². The third kappa shape index (κ3) is 2.35. The van der Waals surface area contributed by atoms with Crippen LogP contribution < -0.4 is 5.32 Å². The minimum atomic E-state index is 0.0627. The molecule has 1 saturated heterocycles. The quantitative estimate of drug-likeness (QED) is 0.772. The van der Waals surface area contributed by atoms with Crippen LogP contribution >= 0.6 is 11.3 Å². The first-order valence-corrected chi connectivity index (χ1v) is 5.99. The predicted molar refractivity (Wildman–Crippen MR) is 60.2 cm³/mol. The molecule has 0 saturated carbocycles.